The first-order valence-corrected chi connectivity index (χ1v) is 12.9. The van der Waals surface area contributed by atoms with Gasteiger partial charge in [0.2, 0.25) is 0 Å². The third-order valence-electron chi connectivity index (χ3n) is 7.55. The van der Waals surface area contributed by atoms with E-state index in [1.54, 1.807) is 0 Å². The van der Waals surface area contributed by atoms with Gasteiger partial charge >= 0.3 is 0 Å². The minimum atomic E-state index is 0.879. The molecule has 0 saturated carbocycles. The van der Waals surface area contributed by atoms with Crippen LogP contribution in [0.2, 0.25) is 0 Å². The summed E-state index contributed by atoms with van der Waals surface area (Å²) >= 11 is 0. The Kier molecular flexibility index (Phi) is 5.30. The molecule has 0 nitrogen and oxygen atoms in total. The maximum absolute atomic E-state index is 2.34. The van der Waals surface area contributed by atoms with Gasteiger partial charge in [-0.25, -0.2) is 0 Å². The summed E-state index contributed by atoms with van der Waals surface area (Å²) in [5, 5.41) is 7.81. The summed E-state index contributed by atoms with van der Waals surface area (Å²) < 4.78 is 0. The maximum Gasteiger partial charge on any atom is -0.000728 e. The monoisotopic (exact) mass is 470 g/mol. The molecule has 7 aromatic carbocycles. The Hall–Kier alpha value is -4.68. The largest absolute Gasteiger partial charge is 0.0622 e. The van der Waals surface area contributed by atoms with Crippen molar-refractivity contribution in [3.8, 4) is 22.3 Å². The second kappa shape index (κ2) is 9.08. The summed E-state index contributed by atoms with van der Waals surface area (Å²) in [5.41, 5.74) is 7.88. The molecule has 0 amide bonds. The summed E-state index contributed by atoms with van der Waals surface area (Å²) in [7, 11) is 0. The zero-order chi connectivity index (χ0) is 24.6. The van der Waals surface area contributed by atoms with Gasteiger partial charge in [-0.3, -0.25) is 0 Å². The lowest BCUT2D eigenvalue weighted by atomic mass is 9.85. The molecule has 0 radical (unpaired) electrons. The van der Waals surface area contributed by atoms with Crippen molar-refractivity contribution in [2.75, 3.05) is 0 Å². The first kappa shape index (κ1) is 21.6. The van der Waals surface area contributed by atoms with Gasteiger partial charge in [0.05, 0.1) is 0 Å². The normalized spacial score (nSPS) is 11.4. The van der Waals surface area contributed by atoms with E-state index in [2.05, 4.69) is 146 Å². The zero-order valence-corrected chi connectivity index (χ0v) is 20.6. The van der Waals surface area contributed by atoms with Gasteiger partial charge in [0.25, 0.3) is 0 Å². The average molecular weight is 471 g/mol. The van der Waals surface area contributed by atoms with Crippen molar-refractivity contribution in [3.05, 3.63) is 157 Å². The number of rotatable bonds is 4. The van der Waals surface area contributed by atoms with Gasteiger partial charge in [0, 0.05) is 0 Å². The molecule has 0 fully saturated rings. The minimum absolute atomic E-state index is 0.879. The molecule has 7 rings (SSSR count). The van der Waals surface area contributed by atoms with Crippen molar-refractivity contribution in [2.24, 2.45) is 0 Å². The smallest absolute Gasteiger partial charge is 0.000728 e. The van der Waals surface area contributed by atoms with Crippen LogP contribution in [0.4, 0.5) is 0 Å². The Morgan fingerprint density at radius 1 is 0.378 bits per heavy atom. The van der Waals surface area contributed by atoms with Gasteiger partial charge in [0.15, 0.2) is 0 Å². The van der Waals surface area contributed by atoms with E-state index in [9.17, 15) is 0 Å². The zero-order valence-electron chi connectivity index (χ0n) is 20.6. The maximum atomic E-state index is 2.34. The molecule has 0 N–H and O–H groups in total. The Balaban J connectivity index is 1.49. The molecule has 174 valence electrons. The number of benzene rings is 7. The highest BCUT2D eigenvalue weighted by Crippen LogP contribution is 2.41. The van der Waals surface area contributed by atoms with Crippen LogP contribution < -0.4 is 0 Å². The second-order valence-corrected chi connectivity index (χ2v) is 9.71. The van der Waals surface area contributed by atoms with Gasteiger partial charge < -0.3 is 0 Å². The number of fused-ring (bicyclic) bond motifs is 3. The van der Waals surface area contributed by atoms with Gasteiger partial charge in [-0.05, 0) is 78.2 Å². The van der Waals surface area contributed by atoms with Crippen LogP contribution in [0.15, 0.2) is 146 Å². The summed E-state index contributed by atoms with van der Waals surface area (Å²) in [6.45, 7) is 0. The SMILES string of the molecule is c1ccc(-c2ccccc2Cc2c3ccccc3c(-c3ccc4ccccc4c3)c3ccccc23)cc1. The van der Waals surface area contributed by atoms with Crippen molar-refractivity contribution in [2.45, 2.75) is 6.42 Å². The average Bonchev–Trinajstić information content (AvgIpc) is 2.97. The minimum Gasteiger partial charge on any atom is -0.0622 e. The van der Waals surface area contributed by atoms with Crippen LogP contribution in [0.25, 0.3) is 54.6 Å². The molecule has 7 aromatic rings. The molecule has 37 heavy (non-hydrogen) atoms. The molecule has 0 bridgehead atoms. The summed E-state index contributed by atoms with van der Waals surface area (Å²) in [6, 6.07) is 52.9. The lowest BCUT2D eigenvalue weighted by Gasteiger charge is -2.19. The van der Waals surface area contributed by atoms with Crippen molar-refractivity contribution in [1.82, 2.24) is 0 Å². The highest BCUT2D eigenvalue weighted by atomic mass is 14.2. The highest BCUT2D eigenvalue weighted by molar-refractivity contribution is 6.15. The van der Waals surface area contributed by atoms with Crippen molar-refractivity contribution < 1.29 is 0 Å². The standard InChI is InChI=1S/C37H26/c1-2-13-27(14-3-1)31-17-7-6-16-29(31)25-36-32-18-8-10-20-34(32)37(35-21-11-9-19-33(35)36)30-23-22-26-12-4-5-15-28(26)24-30/h1-24H,25H2. The Bertz CT molecular complexity index is 1840. The predicted molar refractivity (Wildman–Crippen MR) is 159 cm³/mol. The van der Waals surface area contributed by atoms with Crippen LogP contribution in [-0.4, -0.2) is 0 Å². The fourth-order valence-electron chi connectivity index (χ4n) is 5.83. The van der Waals surface area contributed by atoms with E-state index in [4.69, 9.17) is 0 Å². The third kappa shape index (κ3) is 3.79. The van der Waals surface area contributed by atoms with Gasteiger partial charge in [-0.1, -0.05) is 140 Å². The van der Waals surface area contributed by atoms with Gasteiger partial charge in [-0.2, -0.15) is 0 Å². The fourth-order valence-corrected chi connectivity index (χ4v) is 5.83. The van der Waals surface area contributed by atoms with E-state index >= 15 is 0 Å². The van der Waals surface area contributed by atoms with E-state index in [1.807, 2.05) is 0 Å². The van der Waals surface area contributed by atoms with Crippen LogP contribution in [0.3, 0.4) is 0 Å². The van der Waals surface area contributed by atoms with Crippen molar-refractivity contribution >= 4 is 32.3 Å². The molecule has 0 aromatic heterocycles. The van der Waals surface area contributed by atoms with Crippen LogP contribution >= 0.6 is 0 Å². The van der Waals surface area contributed by atoms with Crippen LogP contribution in [-0.2, 0) is 6.42 Å². The van der Waals surface area contributed by atoms with Gasteiger partial charge in [0.1, 0.15) is 0 Å². The van der Waals surface area contributed by atoms with Crippen molar-refractivity contribution in [1.29, 1.82) is 0 Å². The van der Waals surface area contributed by atoms with Crippen molar-refractivity contribution in [3.63, 3.8) is 0 Å². The quantitative estimate of drug-likeness (QED) is 0.224. The molecule has 0 unspecified atom stereocenters. The first-order chi connectivity index (χ1) is 18.4. The lowest BCUT2D eigenvalue weighted by molar-refractivity contribution is 1.23. The van der Waals surface area contributed by atoms with Gasteiger partial charge in [-0.15, -0.1) is 0 Å². The second-order valence-electron chi connectivity index (χ2n) is 9.71. The molecule has 0 aliphatic carbocycles. The van der Waals surface area contributed by atoms with E-state index < -0.39 is 0 Å². The van der Waals surface area contributed by atoms with Crippen LogP contribution in [0, 0.1) is 0 Å². The summed E-state index contributed by atoms with van der Waals surface area (Å²) in [5.74, 6) is 0. The Morgan fingerprint density at radius 2 is 0.946 bits per heavy atom. The van der Waals surface area contributed by atoms with Crippen LogP contribution in [0.1, 0.15) is 11.1 Å². The lowest BCUT2D eigenvalue weighted by Crippen LogP contribution is -1.97. The van der Waals surface area contributed by atoms with E-state index in [1.165, 1.54) is 65.7 Å². The third-order valence-corrected chi connectivity index (χ3v) is 7.55. The molecule has 0 atom stereocenters. The highest BCUT2D eigenvalue weighted by Gasteiger charge is 2.17. The fraction of sp³-hybridized carbons (Fsp3) is 0.0270. The Labute approximate surface area is 217 Å². The molecule has 0 spiro atoms. The van der Waals surface area contributed by atoms with E-state index in [0.29, 0.717) is 0 Å². The molecule has 0 heterocycles. The van der Waals surface area contributed by atoms with E-state index in [0.717, 1.165) is 6.42 Å². The molecular formula is C37H26. The molecule has 0 aliphatic rings. The number of hydrogen-bond acceptors (Lipinski definition) is 0. The summed E-state index contributed by atoms with van der Waals surface area (Å²) in [6.07, 6.45) is 0.879. The predicted octanol–water partition coefficient (Wildman–Crippen LogP) is 10.1. The molecule has 0 aliphatic heterocycles. The molecule has 0 saturated heterocycles. The molecular weight excluding hydrogens is 444 g/mol. The number of hydrogen-bond donors (Lipinski definition) is 0. The first-order valence-electron chi connectivity index (χ1n) is 12.9. The Morgan fingerprint density at radius 3 is 1.68 bits per heavy atom. The van der Waals surface area contributed by atoms with E-state index in [-0.39, 0.29) is 0 Å². The summed E-state index contributed by atoms with van der Waals surface area (Å²) in [4.78, 5) is 0. The van der Waals surface area contributed by atoms with Crippen LogP contribution in [0.5, 0.6) is 0 Å². The topological polar surface area (TPSA) is 0 Å². The molecule has 0 heteroatoms.